The van der Waals surface area contributed by atoms with Crippen LogP contribution in [0.1, 0.15) is 38.4 Å². The fourth-order valence-electron chi connectivity index (χ4n) is 2.34. The molecular weight excluding hydrogens is 228 g/mol. The molecule has 1 aliphatic rings. The molecule has 0 atom stereocenters. The molecule has 0 saturated heterocycles. The van der Waals surface area contributed by atoms with Crippen molar-refractivity contribution >= 4 is 11.6 Å². The highest BCUT2D eigenvalue weighted by atomic mass is 16.3. The second kappa shape index (κ2) is 5.52. The maximum atomic E-state index is 10.3. The van der Waals surface area contributed by atoms with Gasteiger partial charge >= 0.3 is 0 Å². The Balaban J connectivity index is 2.04. The third kappa shape index (κ3) is 3.10. The molecule has 1 aromatic rings. The number of hydrogen-bond donors (Lipinski definition) is 3. The molecule has 0 radical (unpaired) electrons. The van der Waals surface area contributed by atoms with Crippen LogP contribution in [-0.2, 0) is 6.42 Å². The quantitative estimate of drug-likeness (QED) is 0.743. The van der Waals surface area contributed by atoms with Crippen LogP contribution in [0.3, 0.4) is 0 Å². The summed E-state index contributed by atoms with van der Waals surface area (Å²) in [4.78, 5) is 8.76. The molecule has 1 heterocycles. The summed E-state index contributed by atoms with van der Waals surface area (Å²) in [5.41, 5.74) is -0.558. The van der Waals surface area contributed by atoms with E-state index in [9.17, 15) is 5.11 Å². The number of anilines is 2. The largest absolute Gasteiger partial charge is 0.388 e. The van der Waals surface area contributed by atoms with Gasteiger partial charge in [0.1, 0.15) is 17.5 Å². The van der Waals surface area contributed by atoms with Crippen LogP contribution in [0.2, 0.25) is 0 Å². The monoisotopic (exact) mass is 250 g/mol. The highest BCUT2D eigenvalue weighted by Crippen LogP contribution is 2.29. The predicted octanol–water partition coefficient (Wildman–Crippen LogP) is 1.80. The number of aliphatic hydroxyl groups is 1. The van der Waals surface area contributed by atoms with E-state index in [2.05, 4.69) is 20.6 Å². The van der Waals surface area contributed by atoms with Crippen molar-refractivity contribution in [3.05, 3.63) is 11.9 Å². The van der Waals surface area contributed by atoms with Gasteiger partial charge in [0.15, 0.2) is 0 Å². The molecular formula is C13H22N4O. The van der Waals surface area contributed by atoms with E-state index < -0.39 is 5.60 Å². The zero-order valence-electron chi connectivity index (χ0n) is 11.2. The fraction of sp³-hybridized carbons (Fsp3) is 0.692. The highest BCUT2D eigenvalue weighted by Gasteiger charge is 2.30. The lowest BCUT2D eigenvalue weighted by atomic mass is 10.0. The van der Waals surface area contributed by atoms with E-state index in [4.69, 9.17) is 0 Å². The highest BCUT2D eigenvalue weighted by molar-refractivity contribution is 5.47. The summed E-state index contributed by atoms with van der Waals surface area (Å²) in [7, 11) is 1.84. The number of aromatic nitrogens is 2. The molecule has 2 rings (SSSR count). The maximum absolute atomic E-state index is 10.3. The summed E-state index contributed by atoms with van der Waals surface area (Å²) in [5.74, 6) is 2.40. The first-order valence-corrected chi connectivity index (χ1v) is 6.67. The normalized spacial score (nSPS) is 17.7. The molecule has 1 saturated carbocycles. The summed E-state index contributed by atoms with van der Waals surface area (Å²) >= 11 is 0. The smallest absolute Gasteiger partial charge is 0.132 e. The van der Waals surface area contributed by atoms with E-state index in [1.807, 2.05) is 20.0 Å². The Hall–Kier alpha value is -1.36. The zero-order chi connectivity index (χ0) is 13.0. The van der Waals surface area contributed by atoms with E-state index in [1.165, 1.54) is 0 Å². The van der Waals surface area contributed by atoms with Crippen LogP contribution in [0.5, 0.6) is 0 Å². The van der Waals surface area contributed by atoms with E-state index in [0.717, 1.165) is 49.6 Å². The van der Waals surface area contributed by atoms with Crippen LogP contribution < -0.4 is 10.6 Å². The van der Waals surface area contributed by atoms with Gasteiger partial charge in [-0.25, -0.2) is 9.97 Å². The van der Waals surface area contributed by atoms with Crippen molar-refractivity contribution in [3.63, 3.8) is 0 Å². The Kier molecular flexibility index (Phi) is 4.01. The van der Waals surface area contributed by atoms with E-state index in [1.54, 1.807) is 0 Å². The molecule has 0 bridgehead atoms. The second-order valence-corrected chi connectivity index (χ2v) is 4.94. The average molecular weight is 250 g/mol. The Morgan fingerprint density at radius 1 is 1.28 bits per heavy atom. The van der Waals surface area contributed by atoms with E-state index >= 15 is 0 Å². The standard InChI is InChI=1S/C13H22N4O/c1-3-10-16-11(14-2)8-12(17-10)15-9-13(18)6-4-5-7-13/h8,18H,3-7,9H2,1-2H3,(H2,14,15,16,17). The third-order valence-electron chi connectivity index (χ3n) is 3.48. The summed E-state index contributed by atoms with van der Waals surface area (Å²) in [6.45, 7) is 2.60. The Bertz CT molecular complexity index is 380. The van der Waals surface area contributed by atoms with Crippen molar-refractivity contribution in [1.29, 1.82) is 0 Å². The molecule has 5 heteroatoms. The van der Waals surface area contributed by atoms with Gasteiger partial charge in [0.05, 0.1) is 5.60 Å². The molecule has 0 aromatic carbocycles. The van der Waals surface area contributed by atoms with Gasteiger partial charge in [-0.15, -0.1) is 0 Å². The van der Waals surface area contributed by atoms with Gasteiger partial charge in [0.2, 0.25) is 0 Å². The van der Waals surface area contributed by atoms with Crippen LogP contribution in [0.15, 0.2) is 6.07 Å². The van der Waals surface area contributed by atoms with Gasteiger partial charge < -0.3 is 15.7 Å². The van der Waals surface area contributed by atoms with Gasteiger partial charge in [0, 0.05) is 26.1 Å². The van der Waals surface area contributed by atoms with Crippen LogP contribution >= 0.6 is 0 Å². The summed E-state index contributed by atoms with van der Waals surface area (Å²) in [6.07, 6.45) is 4.79. The molecule has 0 amide bonds. The summed E-state index contributed by atoms with van der Waals surface area (Å²) < 4.78 is 0. The lowest BCUT2D eigenvalue weighted by Crippen LogP contribution is -2.33. The fourth-order valence-corrected chi connectivity index (χ4v) is 2.34. The first kappa shape index (κ1) is 13.1. The molecule has 0 aliphatic heterocycles. The van der Waals surface area contributed by atoms with Crippen molar-refractivity contribution in [2.75, 3.05) is 24.2 Å². The van der Waals surface area contributed by atoms with Crippen molar-refractivity contribution in [2.24, 2.45) is 0 Å². The molecule has 0 unspecified atom stereocenters. The van der Waals surface area contributed by atoms with E-state index in [0.29, 0.717) is 6.54 Å². The number of nitrogens with one attached hydrogen (secondary N) is 2. The average Bonchev–Trinajstić information content (AvgIpc) is 2.83. The lowest BCUT2D eigenvalue weighted by molar-refractivity contribution is 0.0614. The summed E-state index contributed by atoms with van der Waals surface area (Å²) in [6, 6.07) is 1.87. The van der Waals surface area contributed by atoms with Crippen molar-refractivity contribution in [2.45, 2.75) is 44.6 Å². The van der Waals surface area contributed by atoms with E-state index in [-0.39, 0.29) is 0 Å². The van der Waals surface area contributed by atoms with Crippen molar-refractivity contribution in [1.82, 2.24) is 9.97 Å². The first-order valence-electron chi connectivity index (χ1n) is 6.67. The Morgan fingerprint density at radius 3 is 2.56 bits per heavy atom. The maximum Gasteiger partial charge on any atom is 0.132 e. The van der Waals surface area contributed by atoms with Crippen molar-refractivity contribution in [3.8, 4) is 0 Å². The molecule has 0 spiro atoms. The molecule has 1 fully saturated rings. The van der Waals surface area contributed by atoms with Gasteiger partial charge in [-0.1, -0.05) is 19.8 Å². The molecule has 18 heavy (non-hydrogen) atoms. The minimum atomic E-state index is -0.558. The number of aryl methyl sites for hydroxylation is 1. The van der Waals surface area contributed by atoms with Gasteiger partial charge in [-0.3, -0.25) is 0 Å². The SMILES string of the molecule is CCc1nc(NC)cc(NCC2(O)CCCC2)n1. The Morgan fingerprint density at radius 2 is 1.94 bits per heavy atom. The molecule has 3 N–H and O–H groups in total. The number of hydrogen-bond acceptors (Lipinski definition) is 5. The Labute approximate surface area is 108 Å². The molecule has 100 valence electrons. The minimum Gasteiger partial charge on any atom is -0.388 e. The van der Waals surface area contributed by atoms with Crippen LogP contribution in [0.25, 0.3) is 0 Å². The number of nitrogens with zero attached hydrogens (tertiary/aromatic N) is 2. The number of rotatable bonds is 5. The first-order chi connectivity index (χ1) is 8.65. The molecule has 1 aromatic heterocycles. The van der Waals surface area contributed by atoms with Crippen LogP contribution in [0, 0.1) is 0 Å². The van der Waals surface area contributed by atoms with Gasteiger partial charge in [0.25, 0.3) is 0 Å². The van der Waals surface area contributed by atoms with Crippen LogP contribution in [0.4, 0.5) is 11.6 Å². The topological polar surface area (TPSA) is 70.1 Å². The van der Waals surface area contributed by atoms with Gasteiger partial charge in [-0.05, 0) is 12.8 Å². The predicted molar refractivity (Wildman–Crippen MR) is 72.9 cm³/mol. The lowest BCUT2D eigenvalue weighted by Gasteiger charge is -2.22. The molecule has 1 aliphatic carbocycles. The zero-order valence-corrected chi connectivity index (χ0v) is 11.2. The van der Waals surface area contributed by atoms with Crippen molar-refractivity contribution < 1.29 is 5.11 Å². The minimum absolute atomic E-state index is 0.558. The van der Waals surface area contributed by atoms with Crippen LogP contribution in [-0.4, -0.2) is 34.3 Å². The van der Waals surface area contributed by atoms with Gasteiger partial charge in [-0.2, -0.15) is 0 Å². The summed E-state index contributed by atoms with van der Waals surface area (Å²) in [5, 5.41) is 16.5. The molecule has 5 nitrogen and oxygen atoms in total. The second-order valence-electron chi connectivity index (χ2n) is 4.94. The third-order valence-corrected chi connectivity index (χ3v) is 3.48.